The summed E-state index contributed by atoms with van der Waals surface area (Å²) < 4.78 is 4.00. The minimum atomic E-state index is -2.37. The second-order valence-electron chi connectivity index (χ2n) is 0.699. The topological polar surface area (TPSA) is 49.7 Å². The van der Waals surface area contributed by atoms with Crippen molar-refractivity contribution in [1.29, 1.82) is 0 Å². The molecule has 0 saturated carbocycles. The first kappa shape index (κ1) is 7.18. The van der Waals surface area contributed by atoms with E-state index in [9.17, 15) is 0 Å². The fourth-order valence-electron chi connectivity index (χ4n) is 0.0886. The van der Waals surface area contributed by atoms with Crippen LogP contribution in [0.2, 0.25) is 0 Å². The molecule has 0 heterocycles. The van der Waals surface area contributed by atoms with Crippen molar-refractivity contribution < 1.29 is 14.3 Å². The Bertz CT molecular complexity index is 73.3. The smallest absolute Gasteiger partial charge is 0.392 e. The van der Waals surface area contributed by atoms with Crippen LogP contribution in [0, 0.1) is 0 Å². The van der Waals surface area contributed by atoms with Gasteiger partial charge in [-0.25, -0.2) is 0 Å². The lowest BCUT2D eigenvalue weighted by Gasteiger charge is -1.98. The van der Waals surface area contributed by atoms with Crippen LogP contribution in [0.5, 0.6) is 0 Å². The van der Waals surface area contributed by atoms with Crippen LogP contribution in [0.1, 0.15) is 0 Å². The molecule has 5 heteroatoms. The van der Waals surface area contributed by atoms with Crippen LogP contribution in [-0.4, -0.2) is 9.79 Å². The summed E-state index contributed by atoms with van der Waals surface area (Å²) in [6.07, 6.45) is 0. The third-order valence-electron chi connectivity index (χ3n) is 0.181. The van der Waals surface area contributed by atoms with E-state index in [1.54, 1.807) is 0 Å². The van der Waals surface area contributed by atoms with Gasteiger partial charge in [0, 0.05) is 0 Å². The molecule has 0 aromatic carbocycles. The zero-order valence-corrected chi connectivity index (χ0v) is 4.99. The summed E-state index contributed by atoms with van der Waals surface area (Å²) >= 11 is 4.95. The van der Waals surface area contributed by atoms with E-state index in [-0.39, 0.29) is 5.22 Å². The molecule has 0 unspecified atom stereocenters. The van der Waals surface area contributed by atoms with Crippen molar-refractivity contribution in [3.63, 3.8) is 0 Å². The summed E-state index contributed by atoms with van der Waals surface area (Å²) in [5.41, 5.74) is 0. The number of rotatable bonds is 2. The summed E-state index contributed by atoms with van der Waals surface area (Å²) in [6.45, 7) is 3.03. The molecule has 2 N–H and O–H groups in total. The molecule has 0 spiro atoms. The van der Waals surface area contributed by atoms with Gasteiger partial charge >= 0.3 is 8.60 Å². The van der Waals surface area contributed by atoms with Crippen LogP contribution in [0.4, 0.5) is 0 Å². The SMILES string of the molecule is C=C(Cl)OP(O)O. The predicted octanol–water partition coefficient (Wildman–Crippen LogP) is 0.925. The maximum absolute atomic E-state index is 7.98. The second kappa shape index (κ2) is 3.22. The molecule has 0 aliphatic rings. The van der Waals surface area contributed by atoms with Gasteiger partial charge in [0.2, 0.25) is 0 Å². The molecule has 0 aromatic rings. The molecule has 42 valence electrons. The molecular weight excluding hydrogens is 138 g/mol. The van der Waals surface area contributed by atoms with Crippen molar-refractivity contribution in [1.82, 2.24) is 0 Å². The van der Waals surface area contributed by atoms with Crippen molar-refractivity contribution in [2.24, 2.45) is 0 Å². The van der Waals surface area contributed by atoms with E-state index in [2.05, 4.69) is 11.1 Å². The Kier molecular flexibility index (Phi) is 3.30. The molecule has 0 fully saturated rings. The highest BCUT2D eigenvalue weighted by atomic mass is 35.5. The Hall–Kier alpha value is 0.180. The van der Waals surface area contributed by atoms with Gasteiger partial charge in [0.1, 0.15) is 0 Å². The molecule has 3 nitrogen and oxygen atoms in total. The predicted molar refractivity (Wildman–Crippen MR) is 27.4 cm³/mol. The maximum Gasteiger partial charge on any atom is 0.392 e. The van der Waals surface area contributed by atoms with Crippen molar-refractivity contribution in [3.05, 3.63) is 11.8 Å². The lowest BCUT2D eigenvalue weighted by molar-refractivity contribution is 0.335. The average Bonchev–Trinajstić information content (AvgIpc) is 1.27. The summed E-state index contributed by atoms with van der Waals surface area (Å²) in [7, 11) is -2.37. The minimum absolute atomic E-state index is 0.212. The largest absolute Gasteiger partial charge is 0.416 e. The molecule has 0 atom stereocenters. The summed E-state index contributed by atoms with van der Waals surface area (Å²) in [6, 6.07) is 0. The Morgan fingerprint density at radius 1 is 1.71 bits per heavy atom. The monoisotopic (exact) mass is 142 g/mol. The van der Waals surface area contributed by atoms with Gasteiger partial charge in [0.05, 0.1) is 0 Å². The van der Waals surface area contributed by atoms with Crippen molar-refractivity contribution in [2.75, 3.05) is 0 Å². The lowest BCUT2D eigenvalue weighted by Crippen LogP contribution is -1.73. The standard InChI is InChI=1S/C2H4ClO3P/c1-2(3)6-7(4)5/h4-5H,1H2. The average molecular weight is 142 g/mol. The Balaban J connectivity index is 3.13. The molecule has 0 aliphatic carbocycles. The number of hydrogen-bond acceptors (Lipinski definition) is 3. The van der Waals surface area contributed by atoms with Crippen LogP contribution < -0.4 is 0 Å². The molecule has 0 amide bonds. The lowest BCUT2D eigenvalue weighted by atomic mass is 11.2. The molecule has 0 bridgehead atoms. The third kappa shape index (κ3) is 6.18. The molecule has 0 rings (SSSR count). The first-order chi connectivity index (χ1) is 3.13. The van der Waals surface area contributed by atoms with Gasteiger partial charge in [-0.3, -0.25) is 0 Å². The third-order valence-corrected chi connectivity index (χ3v) is 0.749. The highest BCUT2D eigenvalue weighted by Gasteiger charge is 1.97. The Labute approximate surface area is 47.2 Å². The first-order valence-corrected chi connectivity index (χ1v) is 2.87. The van der Waals surface area contributed by atoms with Gasteiger partial charge < -0.3 is 14.3 Å². The molecule has 0 aliphatic heterocycles. The van der Waals surface area contributed by atoms with Gasteiger partial charge in [0.15, 0.2) is 5.22 Å². The zero-order chi connectivity index (χ0) is 5.86. The van der Waals surface area contributed by atoms with E-state index in [0.29, 0.717) is 0 Å². The summed E-state index contributed by atoms with van der Waals surface area (Å²) in [5.74, 6) is 0. The number of hydrogen-bond donors (Lipinski definition) is 2. The number of halogens is 1. The van der Waals surface area contributed by atoms with Crippen LogP contribution in [0.25, 0.3) is 0 Å². The van der Waals surface area contributed by atoms with Crippen molar-refractivity contribution in [3.8, 4) is 0 Å². The highest BCUT2D eigenvalue weighted by Crippen LogP contribution is 2.28. The molecule has 0 saturated heterocycles. The van der Waals surface area contributed by atoms with Crippen LogP contribution in [0.3, 0.4) is 0 Å². The molecular formula is C2H4ClO3P. The first-order valence-electron chi connectivity index (χ1n) is 1.33. The van der Waals surface area contributed by atoms with Gasteiger partial charge in [-0.05, 0) is 18.2 Å². The second-order valence-corrected chi connectivity index (χ2v) is 1.81. The van der Waals surface area contributed by atoms with Gasteiger partial charge in [0.25, 0.3) is 0 Å². The maximum atomic E-state index is 7.98. The van der Waals surface area contributed by atoms with Crippen LogP contribution in [0.15, 0.2) is 11.8 Å². The van der Waals surface area contributed by atoms with Crippen LogP contribution >= 0.6 is 20.2 Å². The van der Waals surface area contributed by atoms with Crippen molar-refractivity contribution >= 4 is 20.2 Å². The van der Waals surface area contributed by atoms with E-state index in [1.165, 1.54) is 0 Å². The van der Waals surface area contributed by atoms with Gasteiger partial charge in [-0.2, -0.15) is 0 Å². The van der Waals surface area contributed by atoms with E-state index < -0.39 is 8.60 Å². The Morgan fingerprint density at radius 2 is 2.14 bits per heavy atom. The molecule has 7 heavy (non-hydrogen) atoms. The van der Waals surface area contributed by atoms with E-state index in [4.69, 9.17) is 21.4 Å². The zero-order valence-electron chi connectivity index (χ0n) is 3.33. The molecule has 0 aromatic heterocycles. The van der Waals surface area contributed by atoms with E-state index in [0.717, 1.165) is 0 Å². The van der Waals surface area contributed by atoms with Crippen molar-refractivity contribution in [2.45, 2.75) is 0 Å². The van der Waals surface area contributed by atoms with E-state index in [1.807, 2.05) is 0 Å². The normalized spacial score (nSPS) is 9.14. The van der Waals surface area contributed by atoms with Gasteiger partial charge in [-0.1, -0.05) is 0 Å². The Morgan fingerprint density at radius 3 is 2.14 bits per heavy atom. The minimum Gasteiger partial charge on any atom is -0.416 e. The highest BCUT2D eigenvalue weighted by molar-refractivity contribution is 7.39. The fraction of sp³-hybridized carbons (Fsp3) is 0. The fourth-order valence-corrected chi connectivity index (χ4v) is 0.451. The summed E-state index contributed by atoms with van der Waals surface area (Å²) in [4.78, 5) is 16.0. The van der Waals surface area contributed by atoms with Crippen LogP contribution in [-0.2, 0) is 4.52 Å². The van der Waals surface area contributed by atoms with E-state index >= 15 is 0 Å². The van der Waals surface area contributed by atoms with Gasteiger partial charge in [-0.15, -0.1) is 0 Å². The quantitative estimate of drug-likeness (QED) is 0.445. The molecule has 0 radical (unpaired) electrons. The summed E-state index contributed by atoms with van der Waals surface area (Å²) in [5, 5.41) is -0.212.